The fraction of sp³-hybridized carbons (Fsp3) is 0.176. The van der Waals surface area contributed by atoms with Gasteiger partial charge in [-0.15, -0.1) is 0 Å². The fourth-order valence-electron chi connectivity index (χ4n) is 2.57. The molecule has 1 aromatic carbocycles. The Morgan fingerprint density at radius 2 is 2.04 bits per heavy atom. The summed E-state index contributed by atoms with van der Waals surface area (Å²) in [5.74, 6) is -2.53. The number of anilines is 1. The van der Waals surface area contributed by atoms with E-state index in [2.05, 4.69) is 10.3 Å². The second kappa shape index (κ2) is 7.16. The molecule has 9 nitrogen and oxygen atoms in total. The van der Waals surface area contributed by atoms with Gasteiger partial charge in [-0.2, -0.15) is 0 Å². The van der Waals surface area contributed by atoms with Crippen LogP contribution in [0.1, 0.15) is 0 Å². The monoisotopic (exact) mass is 389 g/mol. The molecule has 0 radical (unpaired) electrons. The van der Waals surface area contributed by atoms with Crippen LogP contribution in [0.5, 0.6) is 11.5 Å². The number of nitrogens with one attached hydrogen (secondary N) is 1. The first kappa shape index (κ1) is 18.5. The summed E-state index contributed by atoms with van der Waals surface area (Å²) >= 11 is 0.937. The van der Waals surface area contributed by atoms with Crippen molar-refractivity contribution in [3.8, 4) is 11.5 Å². The molecule has 10 heteroatoms. The van der Waals surface area contributed by atoms with E-state index in [1.54, 1.807) is 18.2 Å². The van der Waals surface area contributed by atoms with Gasteiger partial charge in [0, 0.05) is 11.8 Å². The van der Waals surface area contributed by atoms with E-state index in [1.807, 2.05) is 0 Å². The quantitative estimate of drug-likeness (QED) is 0.637. The molecule has 2 heterocycles. The summed E-state index contributed by atoms with van der Waals surface area (Å²) in [6.45, 7) is 0. The number of dihydropyridines is 1. The highest BCUT2D eigenvalue weighted by Gasteiger charge is 2.38. The molecule has 2 aliphatic heterocycles. The minimum atomic E-state index is -1.39. The number of aliphatic carboxylic acids is 1. The lowest BCUT2D eigenvalue weighted by molar-refractivity contribution is -0.134. The average molecular weight is 389 g/mol. The molecule has 4 N–H and O–H groups in total. The van der Waals surface area contributed by atoms with Gasteiger partial charge in [-0.3, -0.25) is 9.59 Å². The van der Waals surface area contributed by atoms with E-state index in [-0.39, 0.29) is 15.6 Å². The number of allylic oxidation sites excluding steroid dienone is 1. The average Bonchev–Trinajstić information content (AvgIpc) is 2.96. The third-order valence-corrected chi connectivity index (χ3v) is 5.12. The molecule has 2 aliphatic rings. The summed E-state index contributed by atoms with van der Waals surface area (Å²) in [5, 5.41) is 12.0. The highest BCUT2D eigenvalue weighted by atomic mass is 32.2. The number of aliphatic imine (C=N–C) groups is 1. The van der Waals surface area contributed by atoms with Gasteiger partial charge in [0.1, 0.15) is 17.1 Å². The van der Waals surface area contributed by atoms with Crippen LogP contribution in [0.25, 0.3) is 0 Å². The molecule has 1 atom stereocenters. The Labute approximate surface area is 157 Å². The number of carboxylic acid groups (broad SMARTS) is 1. The Bertz CT molecular complexity index is 950. The van der Waals surface area contributed by atoms with Crippen molar-refractivity contribution in [2.45, 2.75) is 0 Å². The molecule has 0 fully saturated rings. The molecule has 0 saturated heterocycles. The van der Waals surface area contributed by atoms with E-state index in [0.717, 1.165) is 11.8 Å². The number of carboxylic acids is 1. The van der Waals surface area contributed by atoms with Crippen LogP contribution in [-0.2, 0) is 14.4 Å². The normalized spacial score (nSPS) is 18.4. The summed E-state index contributed by atoms with van der Waals surface area (Å²) in [7, 11) is 2.96. The smallest absolute Gasteiger partial charge is 0.341 e. The Hall–Kier alpha value is -3.27. The number of nitrogens with zero attached hydrogens (tertiary/aromatic N) is 1. The number of fused-ring (bicyclic) bond motifs is 1. The van der Waals surface area contributed by atoms with Crippen LogP contribution in [0.2, 0.25) is 0 Å². The third kappa shape index (κ3) is 3.38. The number of hydrogen-bond acceptors (Lipinski definition) is 7. The molecule has 0 aromatic heterocycles. The number of carbonyl (C=O) groups excluding carboxylic acids is 2. The number of hydrogen-bond donors (Lipinski definition) is 3. The lowest BCUT2D eigenvalue weighted by atomic mass is 10.00. The van der Waals surface area contributed by atoms with E-state index in [9.17, 15) is 14.4 Å². The van der Waals surface area contributed by atoms with Gasteiger partial charge < -0.3 is 25.6 Å². The van der Waals surface area contributed by atoms with Crippen LogP contribution in [0.4, 0.5) is 5.69 Å². The summed E-state index contributed by atoms with van der Waals surface area (Å²) in [6.07, 6.45) is 1.21. The van der Waals surface area contributed by atoms with Crippen LogP contribution in [0.15, 0.2) is 45.4 Å². The van der Waals surface area contributed by atoms with Gasteiger partial charge in [0.05, 0.1) is 35.8 Å². The number of thioether (sulfide) groups is 1. The molecule has 1 aromatic rings. The number of ether oxygens (including phenoxy) is 2. The van der Waals surface area contributed by atoms with Crippen LogP contribution >= 0.6 is 11.8 Å². The molecule has 0 spiro atoms. The number of rotatable bonds is 5. The van der Waals surface area contributed by atoms with Crippen LogP contribution in [-0.4, -0.2) is 42.2 Å². The summed E-state index contributed by atoms with van der Waals surface area (Å²) < 4.78 is 10.3. The Morgan fingerprint density at radius 3 is 2.67 bits per heavy atom. The van der Waals surface area contributed by atoms with Crippen molar-refractivity contribution in [3.05, 3.63) is 40.5 Å². The largest absolute Gasteiger partial charge is 0.497 e. The van der Waals surface area contributed by atoms with Crippen LogP contribution < -0.4 is 20.5 Å². The highest BCUT2D eigenvalue weighted by molar-refractivity contribution is 8.18. The van der Waals surface area contributed by atoms with Crippen LogP contribution in [0, 0.1) is 5.92 Å². The third-order valence-electron chi connectivity index (χ3n) is 3.94. The predicted molar refractivity (Wildman–Crippen MR) is 98.6 cm³/mol. The zero-order valence-corrected chi connectivity index (χ0v) is 15.1. The maximum absolute atomic E-state index is 12.7. The van der Waals surface area contributed by atoms with Crippen molar-refractivity contribution in [1.82, 2.24) is 0 Å². The van der Waals surface area contributed by atoms with E-state index in [0.29, 0.717) is 17.2 Å². The number of methoxy groups -OCH3 is 2. The van der Waals surface area contributed by atoms with Crippen molar-refractivity contribution in [3.63, 3.8) is 0 Å². The van der Waals surface area contributed by atoms with E-state index < -0.39 is 29.3 Å². The predicted octanol–water partition coefficient (Wildman–Crippen LogP) is 1.13. The molecule has 140 valence electrons. The summed E-state index contributed by atoms with van der Waals surface area (Å²) in [6, 6.07) is 4.88. The first-order chi connectivity index (χ1) is 12.8. The molecule has 27 heavy (non-hydrogen) atoms. The number of amides is 2. The summed E-state index contributed by atoms with van der Waals surface area (Å²) in [4.78, 5) is 39.4. The van der Waals surface area contributed by atoms with Gasteiger partial charge in [0.25, 0.3) is 11.8 Å². The maximum Gasteiger partial charge on any atom is 0.341 e. The van der Waals surface area contributed by atoms with Crippen molar-refractivity contribution in [2.24, 2.45) is 16.6 Å². The zero-order valence-electron chi connectivity index (χ0n) is 14.3. The Balaban J connectivity index is 1.87. The minimum Gasteiger partial charge on any atom is -0.497 e. The van der Waals surface area contributed by atoms with Gasteiger partial charge in [-0.05, 0) is 18.2 Å². The Kier molecular flexibility index (Phi) is 4.91. The van der Waals surface area contributed by atoms with Gasteiger partial charge in [-0.25, -0.2) is 9.79 Å². The number of benzene rings is 1. The first-order valence-electron chi connectivity index (χ1n) is 7.64. The van der Waals surface area contributed by atoms with Crippen molar-refractivity contribution >= 4 is 40.3 Å². The highest BCUT2D eigenvalue weighted by Crippen LogP contribution is 2.40. The molecule has 1 unspecified atom stereocenters. The molecule has 0 saturated carbocycles. The van der Waals surface area contributed by atoms with Gasteiger partial charge in [0.2, 0.25) is 0 Å². The Morgan fingerprint density at radius 1 is 1.30 bits per heavy atom. The summed E-state index contributed by atoms with van der Waals surface area (Å²) in [5.41, 5.74) is 6.10. The maximum atomic E-state index is 12.7. The van der Waals surface area contributed by atoms with Crippen molar-refractivity contribution in [2.75, 3.05) is 19.5 Å². The van der Waals surface area contributed by atoms with Gasteiger partial charge >= 0.3 is 5.97 Å². The standard InChI is InChI=1S/C17H15N3O6S/c1-25-7-3-4-10(11(5-7)26-2)19-15(22)13-12(18)8-6-9(17(23)24)14(21)20-16(8)27-13/h3-6,8H,18H2,1-2H3,(H,19,22)(H,23,24). The van der Waals surface area contributed by atoms with Gasteiger partial charge in [0.15, 0.2) is 0 Å². The number of nitrogens with two attached hydrogens (primary N) is 1. The topological polar surface area (TPSA) is 140 Å². The molecule has 3 rings (SSSR count). The second-order valence-corrected chi connectivity index (χ2v) is 6.56. The van der Waals surface area contributed by atoms with Crippen molar-refractivity contribution < 1.29 is 29.0 Å². The van der Waals surface area contributed by atoms with Crippen LogP contribution in [0.3, 0.4) is 0 Å². The lowest BCUT2D eigenvalue weighted by Crippen LogP contribution is -2.23. The fourth-order valence-corrected chi connectivity index (χ4v) is 3.62. The molecule has 0 bridgehead atoms. The van der Waals surface area contributed by atoms with E-state index >= 15 is 0 Å². The second-order valence-electron chi connectivity index (χ2n) is 5.53. The minimum absolute atomic E-state index is 0.134. The lowest BCUT2D eigenvalue weighted by Gasteiger charge is -2.12. The first-order valence-corrected chi connectivity index (χ1v) is 8.46. The molecular formula is C17H15N3O6S. The SMILES string of the molecule is COc1ccc(NC(=O)C2=C(N)C3C=C(C(=O)O)C(=O)N=C3S2)c(OC)c1. The zero-order chi connectivity index (χ0) is 19.7. The molecule has 0 aliphatic carbocycles. The van der Waals surface area contributed by atoms with E-state index in [4.69, 9.17) is 20.3 Å². The van der Waals surface area contributed by atoms with Gasteiger partial charge in [-0.1, -0.05) is 11.8 Å². The van der Waals surface area contributed by atoms with E-state index in [1.165, 1.54) is 20.3 Å². The molecule has 2 amide bonds. The molecular weight excluding hydrogens is 374 g/mol. The van der Waals surface area contributed by atoms with Crippen molar-refractivity contribution in [1.29, 1.82) is 0 Å². The number of carbonyl (C=O) groups is 3.